The number of hydrogen-bond donors (Lipinski definition) is 1. The zero-order chi connectivity index (χ0) is 31.2. The average molecular weight is 642 g/mol. The minimum absolute atomic E-state index is 0.0292. The maximum atomic E-state index is 13.6. The fourth-order valence-electron chi connectivity index (χ4n) is 7.48. The number of hydrogen-bond acceptors (Lipinski definition) is 7. The molecule has 1 fully saturated rings. The van der Waals surface area contributed by atoms with Crippen molar-refractivity contribution in [3.8, 4) is 5.75 Å². The van der Waals surface area contributed by atoms with Crippen LogP contribution in [-0.2, 0) is 36.2 Å². The molecule has 0 radical (unpaired) electrons. The molecule has 2 aliphatic heterocycles. The number of ether oxygens (including phenoxy) is 2. The molecular formula is C33H40ClN3O6S. The number of sulfonamides is 1. The number of nitrogens with zero attached hydrogens (tertiary/aromatic N) is 2. The molecule has 2 aromatic rings. The molecule has 0 unspecified atom stereocenters. The van der Waals surface area contributed by atoms with E-state index in [0.717, 1.165) is 37.1 Å². The lowest BCUT2D eigenvalue weighted by molar-refractivity contribution is -0.136. The van der Waals surface area contributed by atoms with E-state index in [9.17, 15) is 18.0 Å². The average Bonchev–Trinajstić information content (AvgIpc) is 3.12. The predicted molar refractivity (Wildman–Crippen MR) is 169 cm³/mol. The number of anilines is 1. The summed E-state index contributed by atoms with van der Waals surface area (Å²) >= 11 is 6.40. The zero-order valence-corrected chi connectivity index (χ0v) is 27.0. The molecule has 9 nitrogen and oxygen atoms in total. The number of amides is 2. The molecule has 11 heteroatoms. The third kappa shape index (κ3) is 5.72. The van der Waals surface area contributed by atoms with Crippen LogP contribution in [0.2, 0.25) is 5.02 Å². The molecule has 0 aromatic heterocycles. The zero-order valence-electron chi connectivity index (χ0n) is 25.4. The van der Waals surface area contributed by atoms with E-state index < -0.39 is 22.0 Å². The SMILES string of the molecule is CO[C@@H]1/C=C\CN(C(C)=O)[C@H](C)C(=O)NS(=O)(=O)c2ccc3c(c2)N(C[C@@H]2CC[C@H]21)C[C@@]1(CCCc2cc(Cl)ccc21)CO3. The highest BCUT2D eigenvalue weighted by Gasteiger charge is 2.44. The van der Waals surface area contributed by atoms with Gasteiger partial charge < -0.3 is 19.3 Å². The van der Waals surface area contributed by atoms with Crippen LogP contribution >= 0.6 is 11.6 Å². The fourth-order valence-corrected chi connectivity index (χ4v) is 8.74. The summed E-state index contributed by atoms with van der Waals surface area (Å²) in [6.45, 7) is 4.88. The lowest BCUT2D eigenvalue weighted by atomic mass is 9.68. The van der Waals surface area contributed by atoms with Gasteiger partial charge in [0.2, 0.25) is 5.91 Å². The van der Waals surface area contributed by atoms with Crippen molar-refractivity contribution < 1.29 is 27.5 Å². The van der Waals surface area contributed by atoms with Crippen molar-refractivity contribution in [1.29, 1.82) is 0 Å². The van der Waals surface area contributed by atoms with Crippen LogP contribution in [-0.4, -0.2) is 70.6 Å². The topological polar surface area (TPSA) is 105 Å². The molecule has 2 aliphatic carbocycles. The third-order valence-corrected chi connectivity index (χ3v) is 11.6. The first kappa shape index (κ1) is 30.9. The van der Waals surface area contributed by atoms with Crippen molar-refractivity contribution >= 4 is 39.1 Å². The van der Waals surface area contributed by atoms with Gasteiger partial charge in [0.1, 0.15) is 11.8 Å². The summed E-state index contributed by atoms with van der Waals surface area (Å²) in [5, 5.41) is 0.720. The number of rotatable bonds is 1. The number of methoxy groups -OCH3 is 1. The van der Waals surface area contributed by atoms with Crippen molar-refractivity contribution in [3.63, 3.8) is 0 Å². The molecule has 4 aliphatic rings. The van der Waals surface area contributed by atoms with Gasteiger partial charge in [0.05, 0.1) is 23.3 Å². The summed E-state index contributed by atoms with van der Waals surface area (Å²) in [4.78, 5) is 29.2. The summed E-state index contributed by atoms with van der Waals surface area (Å²) in [6.07, 6.45) is 8.59. The lowest BCUT2D eigenvalue weighted by Gasteiger charge is -2.46. The molecule has 1 saturated carbocycles. The van der Waals surface area contributed by atoms with Crippen LogP contribution in [0.5, 0.6) is 5.75 Å². The number of nitrogens with one attached hydrogen (secondary N) is 1. The molecule has 2 amide bonds. The number of aryl methyl sites for hydroxylation is 1. The van der Waals surface area contributed by atoms with Crippen molar-refractivity contribution in [2.45, 2.75) is 68.4 Å². The van der Waals surface area contributed by atoms with Crippen molar-refractivity contribution in [3.05, 3.63) is 64.7 Å². The van der Waals surface area contributed by atoms with E-state index in [2.05, 4.69) is 21.8 Å². The number of carbonyl (C=O) groups is 2. The van der Waals surface area contributed by atoms with Gasteiger partial charge in [-0.2, -0.15) is 0 Å². The summed E-state index contributed by atoms with van der Waals surface area (Å²) in [7, 11) is -2.54. The van der Waals surface area contributed by atoms with Crippen LogP contribution in [0.4, 0.5) is 5.69 Å². The summed E-state index contributed by atoms with van der Waals surface area (Å²) in [5.74, 6) is 0.0665. The van der Waals surface area contributed by atoms with E-state index in [1.807, 2.05) is 18.2 Å². The molecule has 2 aromatic carbocycles. The number of fused-ring (bicyclic) bond motifs is 4. The van der Waals surface area contributed by atoms with E-state index in [4.69, 9.17) is 21.1 Å². The molecule has 0 saturated heterocycles. The molecule has 2 heterocycles. The molecule has 236 valence electrons. The molecule has 44 heavy (non-hydrogen) atoms. The van der Waals surface area contributed by atoms with E-state index in [0.29, 0.717) is 37.1 Å². The first-order valence-corrected chi connectivity index (χ1v) is 17.2. The van der Waals surface area contributed by atoms with E-state index in [1.54, 1.807) is 19.2 Å². The van der Waals surface area contributed by atoms with Crippen molar-refractivity contribution in [2.75, 3.05) is 38.3 Å². The second kappa shape index (κ2) is 12.0. The van der Waals surface area contributed by atoms with Crippen LogP contribution in [0.1, 0.15) is 50.7 Å². The van der Waals surface area contributed by atoms with Gasteiger partial charge in [-0.25, -0.2) is 13.1 Å². The Morgan fingerprint density at radius 1 is 1.18 bits per heavy atom. The molecule has 2 bridgehead atoms. The Hall–Kier alpha value is -3.08. The van der Waals surface area contributed by atoms with Crippen LogP contribution in [0.15, 0.2) is 53.4 Å². The Bertz CT molecular complexity index is 1600. The predicted octanol–water partition coefficient (Wildman–Crippen LogP) is 4.47. The van der Waals surface area contributed by atoms with Gasteiger partial charge >= 0.3 is 0 Å². The van der Waals surface area contributed by atoms with Crippen LogP contribution in [0.25, 0.3) is 0 Å². The molecule has 5 atom stereocenters. The second-order valence-electron chi connectivity index (χ2n) is 12.7. The highest BCUT2D eigenvalue weighted by atomic mass is 35.5. The number of carbonyl (C=O) groups excluding carboxylic acids is 2. The minimum atomic E-state index is -4.24. The van der Waals surface area contributed by atoms with Crippen molar-refractivity contribution in [1.82, 2.24) is 9.62 Å². The molecule has 6 rings (SSSR count). The number of halogens is 1. The monoisotopic (exact) mass is 641 g/mol. The van der Waals surface area contributed by atoms with E-state index >= 15 is 0 Å². The Balaban J connectivity index is 1.44. The minimum Gasteiger partial charge on any atom is -0.490 e. The maximum absolute atomic E-state index is 13.6. The first-order chi connectivity index (χ1) is 21.0. The quantitative estimate of drug-likeness (QED) is 0.458. The van der Waals surface area contributed by atoms with Gasteiger partial charge in [-0.05, 0) is 92.3 Å². The van der Waals surface area contributed by atoms with Gasteiger partial charge in [-0.3, -0.25) is 9.59 Å². The van der Waals surface area contributed by atoms with Crippen LogP contribution < -0.4 is 14.4 Å². The van der Waals surface area contributed by atoms with Crippen LogP contribution in [0.3, 0.4) is 0 Å². The van der Waals surface area contributed by atoms with Crippen LogP contribution in [0, 0.1) is 11.8 Å². The third-order valence-electron chi connectivity index (χ3n) is 10.1. The second-order valence-corrected chi connectivity index (χ2v) is 14.8. The largest absolute Gasteiger partial charge is 0.490 e. The van der Waals surface area contributed by atoms with E-state index in [-0.39, 0.29) is 34.8 Å². The van der Waals surface area contributed by atoms with E-state index in [1.165, 1.54) is 35.9 Å². The number of benzene rings is 2. The van der Waals surface area contributed by atoms with Gasteiger partial charge in [-0.15, -0.1) is 0 Å². The van der Waals surface area contributed by atoms with Gasteiger partial charge in [0.15, 0.2) is 0 Å². The Morgan fingerprint density at radius 2 is 2.00 bits per heavy atom. The Kier molecular flexibility index (Phi) is 8.45. The summed E-state index contributed by atoms with van der Waals surface area (Å²) in [6, 6.07) is 9.92. The van der Waals surface area contributed by atoms with Crippen molar-refractivity contribution in [2.24, 2.45) is 11.8 Å². The van der Waals surface area contributed by atoms with Gasteiger partial charge in [0.25, 0.3) is 15.9 Å². The summed E-state index contributed by atoms with van der Waals surface area (Å²) in [5.41, 5.74) is 2.87. The Labute approximate surface area is 264 Å². The smallest absolute Gasteiger partial charge is 0.264 e. The lowest BCUT2D eigenvalue weighted by Crippen LogP contribution is -2.50. The van der Waals surface area contributed by atoms with Gasteiger partial charge in [0, 0.05) is 44.1 Å². The molecule has 1 N–H and O–H groups in total. The highest BCUT2D eigenvalue weighted by Crippen LogP contribution is 2.47. The maximum Gasteiger partial charge on any atom is 0.264 e. The summed E-state index contributed by atoms with van der Waals surface area (Å²) < 4.78 is 41.8. The highest BCUT2D eigenvalue weighted by molar-refractivity contribution is 7.90. The molecular weight excluding hydrogens is 602 g/mol. The first-order valence-electron chi connectivity index (χ1n) is 15.4. The Morgan fingerprint density at radius 3 is 2.73 bits per heavy atom. The normalized spacial score (nSPS) is 30.6. The fraction of sp³-hybridized carbons (Fsp3) is 0.515. The van der Waals surface area contributed by atoms with Gasteiger partial charge in [-0.1, -0.05) is 29.8 Å². The molecule has 1 spiro atoms. The standard InChI is InChI=1S/C33H40ClN3O6S/c1-21-32(39)35-44(40,41)26-10-13-31-29(17-26)36(18-24-8-11-27(24)30(42-3)7-5-15-37(21)22(2)38)19-33(20-43-31)14-4-6-23-16-25(34)9-12-28(23)33/h5,7,9-10,12-13,16-17,21,24,27,30H,4,6,8,11,14-15,18-20H2,1-3H3,(H,35,39)/b7-5-/t21-,24+,27-,30-,33+/m1/s1.